The highest BCUT2D eigenvalue weighted by molar-refractivity contribution is 6.33. The van der Waals surface area contributed by atoms with Gasteiger partial charge < -0.3 is 9.47 Å². The Kier molecular flexibility index (Phi) is 6.97. The molecule has 0 radical (unpaired) electrons. The Balaban J connectivity index is 2.13. The quantitative estimate of drug-likeness (QED) is 0.418. The number of ketones is 1. The Morgan fingerprint density at radius 2 is 1.84 bits per heavy atom. The fourth-order valence-corrected chi connectivity index (χ4v) is 1.55. The second kappa shape index (κ2) is 8.53. The molecule has 0 spiro atoms. The third-order valence-electron chi connectivity index (χ3n) is 2.38. The van der Waals surface area contributed by atoms with E-state index in [-0.39, 0.29) is 13.0 Å². The van der Waals surface area contributed by atoms with Crippen molar-refractivity contribution in [3.8, 4) is 5.75 Å². The van der Waals surface area contributed by atoms with E-state index >= 15 is 0 Å². The van der Waals surface area contributed by atoms with Crippen LogP contribution in [0, 0.1) is 0 Å². The van der Waals surface area contributed by atoms with Gasteiger partial charge >= 0.3 is 5.97 Å². The lowest BCUT2D eigenvalue weighted by molar-refractivity contribution is -0.153. The van der Waals surface area contributed by atoms with Crippen LogP contribution in [0.25, 0.3) is 0 Å². The van der Waals surface area contributed by atoms with Gasteiger partial charge in [-0.1, -0.05) is 11.6 Å². The van der Waals surface area contributed by atoms with Gasteiger partial charge in [0.05, 0.1) is 13.2 Å². The van der Waals surface area contributed by atoms with Crippen molar-refractivity contribution >= 4 is 23.4 Å². The lowest BCUT2D eigenvalue weighted by Gasteiger charge is -2.05. The zero-order chi connectivity index (χ0) is 14.1. The van der Waals surface area contributed by atoms with Gasteiger partial charge in [-0.05, 0) is 44.0 Å². The number of rotatable bonds is 8. The number of halogens is 1. The van der Waals surface area contributed by atoms with Crippen LogP contribution in [0.4, 0.5) is 0 Å². The van der Waals surface area contributed by atoms with Crippen molar-refractivity contribution in [2.24, 2.45) is 0 Å². The Morgan fingerprint density at radius 1 is 1.16 bits per heavy atom. The van der Waals surface area contributed by atoms with E-state index in [9.17, 15) is 9.59 Å². The van der Waals surface area contributed by atoms with E-state index in [0.29, 0.717) is 24.5 Å². The first-order valence-corrected chi connectivity index (χ1v) is 6.59. The fraction of sp³-hybridized carbons (Fsp3) is 0.429. The van der Waals surface area contributed by atoms with Crippen LogP contribution in [0.15, 0.2) is 24.3 Å². The molecule has 0 aliphatic carbocycles. The average molecular weight is 285 g/mol. The van der Waals surface area contributed by atoms with Gasteiger partial charge in [0, 0.05) is 11.4 Å². The van der Waals surface area contributed by atoms with Gasteiger partial charge in [-0.2, -0.15) is 0 Å². The average Bonchev–Trinajstić information content (AvgIpc) is 2.40. The van der Waals surface area contributed by atoms with Crippen LogP contribution >= 0.6 is 11.6 Å². The molecule has 4 nitrogen and oxygen atoms in total. The molecule has 0 fully saturated rings. The lowest BCUT2D eigenvalue weighted by Crippen LogP contribution is -2.17. The van der Waals surface area contributed by atoms with Crippen LogP contribution in [0.3, 0.4) is 0 Å². The molecule has 0 N–H and O–H groups in total. The Hall–Kier alpha value is -1.55. The summed E-state index contributed by atoms with van der Waals surface area (Å²) in [5.41, 5.74) is 0. The molecule has 0 bridgehead atoms. The standard InChI is InChI=1S/C14H17ClO4/c1-2-18-14(17)13(16)5-3-4-10-19-12-8-6-11(15)7-9-12/h6-9H,2-5,10H2,1H3. The zero-order valence-corrected chi connectivity index (χ0v) is 11.6. The molecule has 0 atom stereocenters. The normalized spacial score (nSPS) is 10.0. The van der Waals surface area contributed by atoms with Crippen molar-refractivity contribution in [2.45, 2.75) is 26.2 Å². The smallest absolute Gasteiger partial charge is 0.374 e. The minimum atomic E-state index is -0.749. The number of ether oxygens (including phenoxy) is 2. The second-order valence-corrected chi connectivity index (χ2v) is 4.34. The van der Waals surface area contributed by atoms with E-state index < -0.39 is 11.8 Å². The number of benzene rings is 1. The van der Waals surface area contributed by atoms with Crippen molar-refractivity contribution in [2.75, 3.05) is 13.2 Å². The highest BCUT2D eigenvalue weighted by Gasteiger charge is 2.13. The summed E-state index contributed by atoms with van der Waals surface area (Å²) in [7, 11) is 0. The van der Waals surface area contributed by atoms with Crippen LogP contribution in [-0.2, 0) is 14.3 Å². The van der Waals surface area contributed by atoms with Crippen LogP contribution in [0.5, 0.6) is 5.75 Å². The maximum atomic E-state index is 11.3. The van der Waals surface area contributed by atoms with Crippen molar-refractivity contribution in [1.29, 1.82) is 0 Å². The molecule has 1 aromatic rings. The molecule has 0 aliphatic heterocycles. The van der Waals surface area contributed by atoms with Crippen LogP contribution in [-0.4, -0.2) is 25.0 Å². The van der Waals surface area contributed by atoms with Crippen LogP contribution in [0.2, 0.25) is 5.02 Å². The number of esters is 1. The molecule has 19 heavy (non-hydrogen) atoms. The summed E-state index contributed by atoms with van der Waals surface area (Å²) in [4.78, 5) is 22.3. The summed E-state index contributed by atoms with van der Waals surface area (Å²) >= 11 is 5.75. The molecule has 0 aromatic heterocycles. The minimum absolute atomic E-state index is 0.197. The number of hydrogen-bond acceptors (Lipinski definition) is 4. The summed E-state index contributed by atoms with van der Waals surface area (Å²) in [5.74, 6) is -0.490. The number of hydrogen-bond donors (Lipinski definition) is 0. The third kappa shape index (κ3) is 6.25. The van der Waals surface area contributed by atoms with Gasteiger partial charge in [-0.3, -0.25) is 4.79 Å². The molecule has 0 saturated carbocycles. The SMILES string of the molecule is CCOC(=O)C(=O)CCCCOc1ccc(Cl)cc1. The molecule has 0 heterocycles. The largest absolute Gasteiger partial charge is 0.494 e. The number of unbranched alkanes of at least 4 members (excludes halogenated alkanes) is 1. The molecule has 1 aromatic carbocycles. The molecular formula is C14H17ClO4. The minimum Gasteiger partial charge on any atom is -0.494 e. The lowest BCUT2D eigenvalue weighted by atomic mass is 10.2. The molecule has 104 valence electrons. The molecule has 5 heteroatoms. The predicted molar refractivity (Wildman–Crippen MR) is 72.4 cm³/mol. The van der Waals surface area contributed by atoms with Gasteiger partial charge in [0.2, 0.25) is 5.78 Å². The third-order valence-corrected chi connectivity index (χ3v) is 2.64. The fourth-order valence-electron chi connectivity index (χ4n) is 1.42. The van der Waals surface area contributed by atoms with Crippen molar-refractivity contribution in [1.82, 2.24) is 0 Å². The summed E-state index contributed by atoms with van der Waals surface area (Å²) in [6.45, 7) is 2.40. The topological polar surface area (TPSA) is 52.6 Å². The Bertz CT molecular complexity index is 414. The van der Waals surface area contributed by atoms with E-state index in [4.69, 9.17) is 16.3 Å². The van der Waals surface area contributed by atoms with Crippen molar-refractivity contribution in [3.05, 3.63) is 29.3 Å². The summed E-state index contributed by atoms with van der Waals surface area (Å²) < 4.78 is 10.1. The van der Waals surface area contributed by atoms with E-state index in [0.717, 1.165) is 5.75 Å². The highest BCUT2D eigenvalue weighted by Crippen LogP contribution is 2.15. The zero-order valence-electron chi connectivity index (χ0n) is 10.9. The first-order chi connectivity index (χ1) is 9.13. The van der Waals surface area contributed by atoms with E-state index in [2.05, 4.69) is 4.74 Å². The van der Waals surface area contributed by atoms with Gasteiger partial charge in [0.15, 0.2) is 0 Å². The van der Waals surface area contributed by atoms with Crippen LogP contribution < -0.4 is 4.74 Å². The summed E-state index contributed by atoms with van der Waals surface area (Å²) in [5, 5.41) is 0.660. The maximum Gasteiger partial charge on any atom is 0.374 e. The number of carbonyl (C=O) groups excluding carboxylic acids is 2. The maximum absolute atomic E-state index is 11.3. The summed E-state index contributed by atoms with van der Waals surface area (Å²) in [6.07, 6.45) is 1.50. The molecule has 0 aliphatic rings. The van der Waals surface area contributed by atoms with E-state index in [1.165, 1.54) is 0 Å². The monoisotopic (exact) mass is 284 g/mol. The van der Waals surface area contributed by atoms with E-state index in [1.807, 2.05) is 0 Å². The molecular weight excluding hydrogens is 268 g/mol. The highest BCUT2D eigenvalue weighted by atomic mass is 35.5. The van der Waals surface area contributed by atoms with Gasteiger partial charge in [0.25, 0.3) is 0 Å². The number of carbonyl (C=O) groups is 2. The first kappa shape index (κ1) is 15.5. The molecule has 0 amide bonds. The van der Waals surface area contributed by atoms with Crippen molar-refractivity contribution < 1.29 is 19.1 Å². The molecule has 1 rings (SSSR count). The van der Waals surface area contributed by atoms with Gasteiger partial charge in [-0.15, -0.1) is 0 Å². The molecule has 0 unspecified atom stereocenters. The Labute approximate surface area is 117 Å². The molecule has 0 saturated heterocycles. The second-order valence-electron chi connectivity index (χ2n) is 3.90. The number of Topliss-reactive ketones (excluding diaryl/α,β-unsaturated/α-hetero) is 1. The van der Waals surface area contributed by atoms with Gasteiger partial charge in [0.1, 0.15) is 5.75 Å². The predicted octanol–water partition coefficient (Wildman–Crippen LogP) is 3.02. The van der Waals surface area contributed by atoms with Crippen LogP contribution in [0.1, 0.15) is 26.2 Å². The first-order valence-electron chi connectivity index (χ1n) is 6.21. The van der Waals surface area contributed by atoms with Crippen molar-refractivity contribution in [3.63, 3.8) is 0 Å². The summed E-state index contributed by atoms with van der Waals surface area (Å²) in [6, 6.07) is 7.07. The Morgan fingerprint density at radius 3 is 2.47 bits per heavy atom. The van der Waals surface area contributed by atoms with Gasteiger partial charge in [-0.25, -0.2) is 4.79 Å². The van der Waals surface area contributed by atoms with E-state index in [1.54, 1.807) is 31.2 Å².